The molecule has 4 rings (SSSR count). The van der Waals surface area contributed by atoms with Gasteiger partial charge in [0, 0.05) is 11.4 Å². The maximum atomic E-state index is 12.3. The number of phenols is 1. The van der Waals surface area contributed by atoms with E-state index in [1.165, 1.54) is 24.9 Å². The van der Waals surface area contributed by atoms with Crippen LogP contribution in [0.2, 0.25) is 0 Å². The third-order valence-electron chi connectivity index (χ3n) is 4.31. The van der Waals surface area contributed by atoms with Gasteiger partial charge in [0.05, 0.1) is 17.7 Å². The van der Waals surface area contributed by atoms with Crippen LogP contribution in [0.25, 0.3) is 6.08 Å². The minimum Gasteiger partial charge on any atom is -0.504 e. The molecule has 3 N–H and O–H groups in total. The summed E-state index contributed by atoms with van der Waals surface area (Å²) in [6, 6.07) is 22.5. The summed E-state index contributed by atoms with van der Waals surface area (Å²) in [5, 5.41) is 16.3. The topological polar surface area (TPSA) is 83.0 Å². The van der Waals surface area contributed by atoms with Crippen LogP contribution in [0, 0.1) is 0 Å². The van der Waals surface area contributed by atoms with Crippen molar-refractivity contribution in [2.75, 3.05) is 12.4 Å². The first kappa shape index (κ1) is 19.6. The molecule has 3 aromatic carbocycles. The Morgan fingerprint density at radius 3 is 2.50 bits per heavy atom. The Morgan fingerprint density at radius 1 is 1.03 bits per heavy atom. The van der Waals surface area contributed by atoms with Gasteiger partial charge in [0.1, 0.15) is 0 Å². The fourth-order valence-corrected chi connectivity index (χ4v) is 3.68. The first-order chi connectivity index (χ1) is 14.6. The molecule has 6 nitrogen and oxygen atoms in total. The zero-order valence-corrected chi connectivity index (χ0v) is 16.9. The molecular formula is C23H19N3O3S. The van der Waals surface area contributed by atoms with Gasteiger partial charge in [-0.05, 0) is 71.9 Å². The van der Waals surface area contributed by atoms with Crippen LogP contribution in [0.15, 0.2) is 82.7 Å². The highest BCUT2D eigenvalue weighted by Gasteiger charge is 2.23. The van der Waals surface area contributed by atoms with Crippen molar-refractivity contribution in [1.82, 2.24) is 5.32 Å². The van der Waals surface area contributed by atoms with Gasteiger partial charge in [-0.3, -0.25) is 4.79 Å². The maximum Gasteiger partial charge on any atom is 0.264 e. The van der Waals surface area contributed by atoms with Crippen LogP contribution in [0.1, 0.15) is 5.56 Å². The highest BCUT2D eigenvalue weighted by atomic mass is 32.2. The zero-order chi connectivity index (χ0) is 20.9. The van der Waals surface area contributed by atoms with E-state index in [-0.39, 0.29) is 11.7 Å². The van der Waals surface area contributed by atoms with E-state index >= 15 is 0 Å². The summed E-state index contributed by atoms with van der Waals surface area (Å²) in [5.41, 5.74) is 3.45. The van der Waals surface area contributed by atoms with Gasteiger partial charge in [-0.1, -0.05) is 24.3 Å². The lowest BCUT2D eigenvalue weighted by Gasteiger charge is -2.06. The van der Waals surface area contributed by atoms with E-state index in [9.17, 15) is 9.90 Å². The number of methoxy groups -OCH3 is 1. The quantitative estimate of drug-likeness (QED) is 0.507. The molecule has 1 fully saturated rings. The highest BCUT2D eigenvalue weighted by molar-refractivity contribution is 8.18. The van der Waals surface area contributed by atoms with E-state index in [1.807, 2.05) is 54.6 Å². The summed E-state index contributed by atoms with van der Waals surface area (Å²) in [4.78, 5) is 17.3. The summed E-state index contributed by atoms with van der Waals surface area (Å²) in [7, 11) is 1.48. The van der Waals surface area contributed by atoms with E-state index in [2.05, 4.69) is 15.6 Å². The Hall–Kier alpha value is -3.71. The predicted molar refractivity (Wildman–Crippen MR) is 122 cm³/mol. The number of nitrogens with one attached hydrogen (secondary N) is 2. The fraction of sp³-hybridized carbons (Fsp3) is 0.0435. The van der Waals surface area contributed by atoms with Crippen molar-refractivity contribution in [1.29, 1.82) is 0 Å². The number of thioether (sulfide) groups is 1. The summed E-state index contributed by atoms with van der Waals surface area (Å²) in [6.07, 6.45) is 1.73. The molecule has 1 saturated heterocycles. The average Bonchev–Trinajstić information content (AvgIpc) is 3.10. The van der Waals surface area contributed by atoms with Gasteiger partial charge >= 0.3 is 0 Å². The monoisotopic (exact) mass is 417 g/mol. The number of anilines is 2. The molecule has 3 aromatic rings. The van der Waals surface area contributed by atoms with Crippen LogP contribution in [-0.2, 0) is 4.79 Å². The molecular weight excluding hydrogens is 398 g/mol. The number of ether oxygens (including phenoxy) is 1. The zero-order valence-electron chi connectivity index (χ0n) is 16.1. The number of benzene rings is 3. The predicted octanol–water partition coefficient (Wildman–Crippen LogP) is 5.04. The Morgan fingerprint density at radius 2 is 1.77 bits per heavy atom. The van der Waals surface area contributed by atoms with Crippen LogP contribution in [-0.4, -0.2) is 23.3 Å². The summed E-state index contributed by atoms with van der Waals surface area (Å²) in [6.45, 7) is 0. The molecule has 150 valence electrons. The average molecular weight is 417 g/mol. The van der Waals surface area contributed by atoms with E-state index < -0.39 is 0 Å². The number of carbonyl (C=O) groups excluding carboxylic acids is 1. The van der Waals surface area contributed by atoms with Gasteiger partial charge in [-0.15, -0.1) is 0 Å². The smallest absolute Gasteiger partial charge is 0.264 e. The van der Waals surface area contributed by atoms with Crippen molar-refractivity contribution in [3.8, 4) is 11.5 Å². The SMILES string of the molecule is COc1cc(/C=C2\SC(=Nc3ccc(Nc4ccccc4)cc3)NC2=O)ccc1O. The molecule has 0 radical (unpaired) electrons. The van der Waals surface area contributed by atoms with Crippen LogP contribution < -0.4 is 15.4 Å². The first-order valence-corrected chi connectivity index (χ1v) is 10.0. The van der Waals surface area contributed by atoms with Gasteiger partial charge in [-0.25, -0.2) is 4.99 Å². The number of amidine groups is 1. The lowest BCUT2D eigenvalue weighted by atomic mass is 10.2. The summed E-state index contributed by atoms with van der Waals surface area (Å²) >= 11 is 1.26. The number of hydrogen-bond donors (Lipinski definition) is 3. The molecule has 0 aromatic heterocycles. The number of phenolic OH excluding ortho intramolecular Hbond substituents is 1. The number of aliphatic imine (C=N–C) groups is 1. The fourth-order valence-electron chi connectivity index (χ4n) is 2.84. The largest absolute Gasteiger partial charge is 0.504 e. The second kappa shape index (κ2) is 8.75. The van der Waals surface area contributed by atoms with Crippen molar-refractivity contribution in [3.63, 3.8) is 0 Å². The number of rotatable bonds is 5. The van der Waals surface area contributed by atoms with Crippen LogP contribution >= 0.6 is 11.8 Å². The van der Waals surface area contributed by atoms with E-state index in [0.717, 1.165) is 22.6 Å². The second-order valence-electron chi connectivity index (χ2n) is 6.45. The van der Waals surface area contributed by atoms with Gasteiger partial charge < -0.3 is 20.5 Å². The second-order valence-corrected chi connectivity index (χ2v) is 7.48. The van der Waals surface area contributed by atoms with Gasteiger partial charge in [0.15, 0.2) is 16.7 Å². The third kappa shape index (κ3) is 4.64. The van der Waals surface area contributed by atoms with E-state index in [4.69, 9.17) is 4.74 Å². The highest BCUT2D eigenvalue weighted by Crippen LogP contribution is 2.31. The molecule has 7 heteroatoms. The van der Waals surface area contributed by atoms with Crippen molar-refractivity contribution >= 4 is 46.0 Å². The van der Waals surface area contributed by atoms with Gasteiger partial charge in [0.2, 0.25) is 0 Å². The lowest BCUT2D eigenvalue weighted by molar-refractivity contribution is -0.115. The summed E-state index contributed by atoms with van der Waals surface area (Å²) < 4.78 is 5.11. The van der Waals surface area contributed by atoms with Crippen molar-refractivity contribution in [3.05, 3.63) is 83.3 Å². The van der Waals surface area contributed by atoms with Crippen LogP contribution in [0.5, 0.6) is 11.5 Å². The standard InChI is InChI=1S/C23H19N3O3S/c1-29-20-13-15(7-12-19(20)27)14-21-22(28)26-23(30-21)25-18-10-8-17(9-11-18)24-16-5-3-2-4-6-16/h2-14,24,27H,1H3,(H,25,26,28)/b21-14-. The molecule has 1 amide bonds. The molecule has 0 saturated carbocycles. The lowest BCUT2D eigenvalue weighted by Crippen LogP contribution is -2.19. The summed E-state index contributed by atoms with van der Waals surface area (Å²) in [5.74, 6) is 0.189. The number of amides is 1. The first-order valence-electron chi connectivity index (χ1n) is 9.19. The van der Waals surface area contributed by atoms with Crippen molar-refractivity contribution in [2.45, 2.75) is 0 Å². The number of carbonyl (C=O) groups is 1. The van der Waals surface area contributed by atoms with Crippen LogP contribution in [0.3, 0.4) is 0 Å². The molecule has 1 heterocycles. The Labute approximate surface area is 178 Å². The minimum atomic E-state index is -0.215. The molecule has 1 aliphatic heterocycles. The van der Waals surface area contributed by atoms with Gasteiger partial charge in [-0.2, -0.15) is 0 Å². The third-order valence-corrected chi connectivity index (χ3v) is 5.22. The Bertz CT molecular complexity index is 1130. The molecule has 0 spiro atoms. The minimum absolute atomic E-state index is 0.0515. The molecule has 30 heavy (non-hydrogen) atoms. The number of para-hydroxylation sites is 1. The molecule has 0 bridgehead atoms. The molecule has 1 aliphatic rings. The number of aromatic hydroxyl groups is 1. The van der Waals surface area contributed by atoms with E-state index in [1.54, 1.807) is 18.2 Å². The normalized spacial score (nSPS) is 16.0. The number of hydrogen-bond acceptors (Lipinski definition) is 6. The van der Waals surface area contributed by atoms with Crippen molar-refractivity contribution < 1.29 is 14.6 Å². The Kier molecular flexibility index (Phi) is 5.72. The molecule has 0 aliphatic carbocycles. The molecule has 0 unspecified atom stereocenters. The number of nitrogens with zero attached hydrogens (tertiary/aromatic N) is 1. The van der Waals surface area contributed by atoms with E-state index in [0.29, 0.717) is 15.8 Å². The Balaban J connectivity index is 1.47. The molecule has 0 atom stereocenters. The van der Waals surface area contributed by atoms with Crippen LogP contribution in [0.4, 0.5) is 17.1 Å². The van der Waals surface area contributed by atoms with Gasteiger partial charge in [0.25, 0.3) is 5.91 Å². The van der Waals surface area contributed by atoms with Crippen molar-refractivity contribution in [2.24, 2.45) is 4.99 Å². The maximum absolute atomic E-state index is 12.3.